The number of ether oxygens (including phenoxy) is 2. The molecule has 156 valence electrons. The van der Waals surface area contributed by atoms with Crippen LogP contribution in [0.1, 0.15) is 42.4 Å². The Morgan fingerprint density at radius 1 is 1.03 bits per heavy atom. The van der Waals surface area contributed by atoms with Gasteiger partial charge in [-0.25, -0.2) is 9.18 Å². The van der Waals surface area contributed by atoms with Crippen LogP contribution in [0.5, 0.6) is 5.75 Å². The smallest absolute Gasteiger partial charge is 0.345 e. The molecular weight excluding hydrogens is 399 g/mol. The summed E-state index contributed by atoms with van der Waals surface area (Å²) in [6.45, 7) is 3.86. The van der Waals surface area contributed by atoms with Crippen LogP contribution in [0.2, 0.25) is 0 Å². The molecule has 1 heterocycles. The van der Waals surface area contributed by atoms with E-state index in [1.165, 1.54) is 17.0 Å². The molecule has 0 radical (unpaired) electrons. The standard InChI is InChI=1S/C25H26FO3S/c1-18-15-22(30-13-5-6-14-30)16-19(2)24(18)28-17-23(27)29-25(11-3-4-12-25)20-7-9-21(26)10-8-20/h5-10,13-16H,3-4,11-12,17H2,1-2H3/q+1. The number of benzene rings is 2. The third-order valence-electron chi connectivity index (χ3n) is 5.69. The second-order valence-electron chi connectivity index (χ2n) is 7.89. The van der Waals surface area contributed by atoms with Crippen molar-refractivity contribution in [3.05, 3.63) is 81.8 Å². The van der Waals surface area contributed by atoms with Crippen LogP contribution >= 0.6 is 10.5 Å². The van der Waals surface area contributed by atoms with Crippen LogP contribution in [-0.2, 0) is 15.1 Å². The van der Waals surface area contributed by atoms with E-state index in [0.29, 0.717) is 0 Å². The summed E-state index contributed by atoms with van der Waals surface area (Å²) in [7, 11) is 0.000853. The molecule has 0 spiro atoms. The summed E-state index contributed by atoms with van der Waals surface area (Å²) < 4.78 is 25.2. The fourth-order valence-electron chi connectivity index (χ4n) is 4.26. The van der Waals surface area contributed by atoms with Crippen molar-refractivity contribution in [2.45, 2.75) is 45.1 Å². The fraction of sp³-hybridized carbons (Fsp3) is 0.320. The number of carbonyl (C=O) groups excluding carboxylic acids is 1. The number of esters is 1. The first-order chi connectivity index (χ1) is 14.5. The topological polar surface area (TPSA) is 35.5 Å². The highest BCUT2D eigenvalue weighted by molar-refractivity contribution is 7.36. The largest absolute Gasteiger partial charge is 0.481 e. The third kappa shape index (κ3) is 4.26. The first-order valence-electron chi connectivity index (χ1n) is 10.3. The third-order valence-corrected chi connectivity index (χ3v) is 7.37. The molecule has 2 aromatic carbocycles. The van der Waals surface area contributed by atoms with Gasteiger partial charge in [0.2, 0.25) is 0 Å². The van der Waals surface area contributed by atoms with Crippen LogP contribution in [0, 0.1) is 19.7 Å². The molecule has 0 unspecified atom stereocenters. The average molecular weight is 426 g/mol. The molecule has 3 aromatic rings. The SMILES string of the molecule is Cc1cc(-[s+]2cccc2)cc(C)c1OCC(=O)OC1(c2ccc(F)cc2)CCCC1. The Labute approximate surface area is 179 Å². The summed E-state index contributed by atoms with van der Waals surface area (Å²) in [4.78, 5) is 13.9. The summed E-state index contributed by atoms with van der Waals surface area (Å²) in [5.74, 6) is 0.0431. The molecule has 1 aliphatic rings. The lowest BCUT2D eigenvalue weighted by atomic mass is 9.92. The fourth-order valence-corrected chi connectivity index (χ4v) is 5.82. The van der Waals surface area contributed by atoms with Crippen molar-refractivity contribution in [2.24, 2.45) is 0 Å². The maximum atomic E-state index is 13.3. The van der Waals surface area contributed by atoms with Crippen molar-refractivity contribution in [1.82, 2.24) is 0 Å². The molecule has 4 rings (SSSR count). The molecular formula is C25H26FO3S+. The molecule has 5 heteroatoms. The predicted molar refractivity (Wildman–Crippen MR) is 118 cm³/mol. The lowest BCUT2D eigenvalue weighted by Crippen LogP contribution is -2.32. The minimum Gasteiger partial charge on any atom is -0.481 e. The second-order valence-corrected chi connectivity index (χ2v) is 9.65. The van der Waals surface area contributed by atoms with Gasteiger partial charge in [0, 0.05) is 22.6 Å². The van der Waals surface area contributed by atoms with Gasteiger partial charge in [-0.05, 0) is 80.5 Å². The summed E-state index contributed by atoms with van der Waals surface area (Å²) in [5, 5.41) is 4.37. The van der Waals surface area contributed by atoms with Gasteiger partial charge in [0.1, 0.15) is 27.9 Å². The zero-order chi connectivity index (χ0) is 21.1. The minimum atomic E-state index is -0.676. The Balaban J connectivity index is 1.46. The van der Waals surface area contributed by atoms with Crippen LogP contribution in [0.25, 0.3) is 4.90 Å². The maximum Gasteiger partial charge on any atom is 0.345 e. The van der Waals surface area contributed by atoms with Gasteiger partial charge in [0.25, 0.3) is 0 Å². The number of carbonyl (C=O) groups is 1. The Bertz CT molecular complexity index is 996. The Kier molecular flexibility index (Phi) is 5.91. The van der Waals surface area contributed by atoms with E-state index in [0.717, 1.165) is 48.1 Å². The summed E-state index contributed by atoms with van der Waals surface area (Å²) in [6, 6.07) is 14.6. The number of aryl methyl sites for hydroxylation is 2. The van der Waals surface area contributed by atoms with E-state index in [-0.39, 0.29) is 22.9 Å². The van der Waals surface area contributed by atoms with E-state index in [9.17, 15) is 9.18 Å². The molecule has 1 fully saturated rings. The minimum absolute atomic E-state index is 0.000853. The van der Waals surface area contributed by atoms with Crippen molar-refractivity contribution in [3.8, 4) is 10.6 Å². The van der Waals surface area contributed by atoms with Crippen LogP contribution in [0.15, 0.2) is 59.3 Å². The number of halogens is 1. The van der Waals surface area contributed by atoms with Gasteiger partial charge in [-0.15, -0.1) is 0 Å². The first kappa shape index (κ1) is 20.6. The second kappa shape index (κ2) is 8.60. The molecule has 0 amide bonds. The van der Waals surface area contributed by atoms with Gasteiger partial charge in [0.15, 0.2) is 11.5 Å². The zero-order valence-electron chi connectivity index (χ0n) is 17.3. The van der Waals surface area contributed by atoms with E-state index < -0.39 is 11.6 Å². The van der Waals surface area contributed by atoms with Gasteiger partial charge >= 0.3 is 5.97 Å². The molecule has 1 aromatic heterocycles. The maximum absolute atomic E-state index is 13.3. The molecule has 30 heavy (non-hydrogen) atoms. The van der Waals surface area contributed by atoms with Gasteiger partial charge in [0.05, 0.1) is 0 Å². The van der Waals surface area contributed by atoms with E-state index in [1.54, 1.807) is 12.1 Å². The summed E-state index contributed by atoms with van der Waals surface area (Å²) in [5.41, 5.74) is 2.19. The van der Waals surface area contributed by atoms with Crippen LogP contribution < -0.4 is 4.74 Å². The molecule has 1 saturated carbocycles. The lowest BCUT2D eigenvalue weighted by molar-refractivity contribution is -0.163. The average Bonchev–Trinajstić information content (AvgIpc) is 3.40. The number of thiophene rings is 1. The van der Waals surface area contributed by atoms with Crippen LogP contribution in [0.4, 0.5) is 4.39 Å². The first-order valence-corrected chi connectivity index (χ1v) is 11.6. The molecule has 3 nitrogen and oxygen atoms in total. The van der Waals surface area contributed by atoms with E-state index in [2.05, 4.69) is 35.0 Å². The number of hydrogen-bond acceptors (Lipinski definition) is 3. The van der Waals surface area contributed by atoms with Gasteiger partial charge in [-0.3, -0.25) is 0 Å². The van der Waals surface area contributed by atoms with E-state index in [4.69, 9.17) is 9.47 Å². The Hall–Kier alpha value is -2.66. The summed E-state index contributed by atoms with van der Waals surface area (Å²) >= 11 is 0. The number of rotatable bonds is 6. The van der Waals surface area contributed by atoms with Crippen molar-refractivity contribution in [3.63, 3.8) is 0 Å². The molecule has 0 N–H and O–H groups in total. The Morgan fingerprint density at radius 3 is 2.23 bits per heavy atom. The normalized spacial score (nSPS) is 15.2. The highest BCUT2D eigenvalue weighted by atomic mass is 32.2. The van der Waals surface area contributed by atoms with Crippen molar-refractivity contribution >= 4 is 16.4 Å². The van der Waals surface area contributed by atoms with Crippen LogP contribution in [-0.4, -0.2) is 12.6 Å². The van der Waals surface area contributed by atoms with Gasteiger partial charge in [-0.1, -0.05) is 12.1 Å². The quantitative estimate of drug-likeness (QED) is 0.331. The lowest BCUT2D eigenvalue weighted by Gasteiger charge is -2.29. The number of hydrogen-bond donors (Lipinski definition) is 0. The van der Waals surface area contributed by atoms with Crippen molar-refractivity contribution in [2.75, 3.05) is 6.61 Å². The molecule has 0 atom stereocenters. The highest BCUT2D eigenvalue weighted by Gasteiger charge is 2.39. The van der Waals surface area contributed by atoms with E-state index in [1.807, 2.05) is 13.8 Å². The van der Waals surface area contributed by atoms with Gasteiger partial charge in [-0.2, -0.15) is 0 Å². The highest BCUT2D eigenvalue weighted by Crippen LogP contribution is 2.42. The van der Waals surface area contributed by atoms with Gasteiger partial charge < -0.3 is 9.47 Å². The monoisotopic (exact) mass is 425 g/mol. The van der Waals surface area contributed by atoms with Crippen molar-refractivity contribution < 1.29 is 18.7 Å². The molecule has 0 aliphatic heterocycles. The molecule has 1 aliphatic carbocycles. The predicted octanol–water partition coefficient (Wildman–Crippen LogP) is 6.57. The van der Waals surface area contributed by atoms with Crippen molar-refractivity contribution in [1.29, 1.82) is 0 Å². The molecule has 0 saturated heterocycles. The molecule has 0 bridgehead atoms. The summed E-state index contributed by atoms with van der Waals surface area (Å²) in [6.07, 6.45) is 3.47. The Morgan fingerprint density at radius 2 is 1.63 bits per heavy atom. The van der Waals surface area contributed by atoms with Crippen LogP contribution in [0.3, 0.4) is 0 Å². The van der Waals surface area contributed by atoms with E-state index >= 15 is 0 Å². The zero-order valence-corrected chi connectivity index (χ0v) is 18.1.